The summed E-state index contributed by atoms with van der Waals surface area (Å²) in [7, 11) is 0. The zero-order valence-electron chi connectivity index (χ0n) is 20.0. The minimum absolute atomic E-state index is 0.307. The molecule has 11 nitrogen and oxygen atoms in total. The predicted octanol–water partition coefficient (Wildman–Crippen LogP) is 1.49. The first-order valence-electron chi connectivity index (χ1n) is 11.5. The van der Waals surface area contributed by atoms with Gasteiger partial charge in [0.25, 0.3) is 0 Å². The molecule has 1 aromatic carbocycles. The number of carbonyl (C=O) groups is 4. The van der Waals surface area contributed by atoms with E-state index in [-0.39, 0.29) is 0 Å². The molecule has 8 N–H and O–H groups in total. The van der Waals surface area contributed by atoms with E-state index in [1.165, 1.54) is 11.8 Å². The van der Waals surface area contributed by atoms with Crippen LogP contribution in [0.3, 0.4) is 0 Å². The molecule has 1 aromatic rings. The first-order valence-corrected chi connectivity index (χ1v) is 13.3. The smallest absolute Gasteiger partial charge is 0.336 e. The van der Waals surface area contributed by atoms with Crippen LogP contribution in [0.1, 0.15) is 44.1 Å². The maximum Gasteiger partial charge on any atom is 0.336 e. The van der Waals surface area contributed by atoms with Gasteiger partial charge < -0.3 is 36.8 Å². The summed E-state index contributed by atoms with van der Waals surface area (Å²) in [5.74, 6) is -5.30. The van der Waals surface area contributed by atoms with Crippen molar-refractivity contribution in [3.05, 3.63) is 33.8 Å². The lowest BCUT2D eigenvalue weighted by Crippen LogP contribution is -2.50. The third kappa shape index (κ3) is 8.54. The summed E-state index contributed by atoms with van der Waals surface area (Å²) < 4.78 is 4.98. The molecule has 206 valence electrons. The largest absolute Gasteiger partial charge is 0.481 e. The number of carboxylic acids is 2. The van der Waals surface area contributed by atoms with Crippen LogP contribution < -0.4 is 16.8 Å². The molecule has 1 saturated carbocycles. The van der Waals surface area contributed by atoms with E-state index in [0.717, 1.165) is 12.0 Å². The van der Waals surface area contributed by atoms with Gasteiger partial charge in [0.15, 0.2) is 5.60 Å². The van der Waals surface area contributed by atoms with Gasteiger partial charge in [0.2, 0.25) is 0 Å². The van der Waals surface area contributed by atoms with E-state index in [9.17, 15) is 29.4 Å². The van der Waals surface area contributed by atoms with Crippen LogP contribution in [0.2, 0.25) is 10.0 Å². The molecular formula is C23H31Cl2N3O8S. The van der Waals surface area contributed by atoms with Gasteiger partial charge in [-0.2, -0.15) is 0 Å². The molecule has 1 aliphatic carbocycles. The van der Waals surface area contributed by atoms with E-state index in [4.69, 9.17) is 44.5 Å². The lowest BCUT2D eigenvalue weighted by Gasteiger charge is -2.46. The molecule has 0 heterocycles. The molecule has 0 radical (unpaired) electrons. The third-order valence-corrected chi connectivity index (χ3v) is 8.35. The van der Waals surface area contributed by atoms with Gasteiger partial charge in [-0.25, -0.2) is 4.79 Å². The third-order valence-electron chi connectivity index (χ3n) is 6.11. The summed E-state index contributed by atoms with van der Waals surface area (Å²) >= 11 is 13.6. The molecule has 0 spiro atoms. The Labute approximate surface area is 228 Å². The lowest BCUT2D eigenvalue weighted by molar-refractivity contribution is -0.174. The summed E-state index contributed by atoms with van der Waals surface area (Å²) in [5.41, 5.74) is 8.13. The summed E-state index contributed by atoms with van der Waals surface area (Å²) in [6, 6.07) is 5.05. The standard InChI is InChI=1S/C23H31Cl2N3O8S/c24-14-4-3-13(9-15(14)25)22(5-1-6-22)19(37-8-2-7-28-12-16(26)27)20(32)36-18(31)11-23(35,21(33)34)10-17(29)30/h3-4,9,16,19,28,35H,1-2,5-8,10-12,26-27H2,(H,29,30)(H,33,34). The number of hydrogen-bond acceptors (Lipinski definition) is 10. The van der Waals surface area contributed by atoms with E-state index < -0.39 is 59.2 Å². The zero-order valence-corrected chi connectivity index (χ0v) is 22.3. The lowest BCUT2D eigenvalue weighted by atomic mass is 9.62. The predicted molar refractivity (Wildman–Crippen MR) is 138 cm³/mol. The number of aliphatic carboxylic acids is 2. The molecule has 1 fully saturated rings. The summed E-state index contributed by atoms with van der Waals surface area (Å²) in [5, 5.41) is 31.1. The van der Waals surface area contributed by atoms with E-state index >= 15 is 0 Å². The number of nitrogens with one attached hydrogen (secondary N) is 1. The molecule has 0 aromatic heterocycles. The van der Waals surface area contributed by atoms with Crippen molar-refractivity contribution in [2.45, 2.75) is 61.0 Å². The summed E-state index contributed by atoms with van der Waals surface area (Å²) in [4.78, 5) is 48.1. The number of aliphatic hydroxyl groups is 1. The molecule has 2 atom stereocenters. The molecular weight excluding hydrogens is 549 g/mol. The summed E-state index contributed by atoms with van der Waals surface area (Å²) in [6.07, 6.45) is -0.290. The van der Waals surface area contributed by atoms with Crippen LogP contribution in [-0.2, 0) is 29.3 Å². The zero-order chi connectivity index (χ0) is 27.8. The van der Waals surface area contributed by atoms with Crippen LogP contribution >= 0.6 is 35.0 Å². The number of nitrogens with two attached hydrogens (primary N) is 2. The van der Waals surface area contributed by atoms with Crippen molar-refractivity contribution in [3.63, 3.8) is 0 Å². The van der Waals surface area contributed by atoms with Gasteiger partial charge in [-0.05, 0) is 49.3 Å². The normalized spacial score (nSPS) is 16.9. The Hall–Kier alpha value is -1.93. The highest BCUT2D eigenvalue weighted by atomic mass is 35.5. The number of carboxylic acid groups (broad SMARTS) is 2. The van der Waals surface area contributed by atoms with Crippen LogP contribution in [0, 0.1) is 0 Å². The molecule has 0 amide bonds. The number of esters is 2. The van der Waals surface area contributed by atoms with Crippen LogP contribution in [0.15, 0.2) is 18.2 Å². The van der Waals surface area contributed by atoms with Gasteiger partial charge in [-0.1, -0.05) is 35.7 Å². The molecule has 2 rings (SSSR count). The molecule has 2 unspecified atom stereocenters. The fourth-order valence-corrected chi connectivity index (χ4v) is 5.81. The van der Waals surface area contributed by atoms with Crippen molar-refractivity contribution in [1.29, 1.82) is 0 Å². The number of rotatable bonds is 15. The number of thioether (sulfide) groups is 1. The second-order valence-electron chi connectivity index (χ2n) is 8.99. The topological polar surface area (TPSA) is 202 Å². The van der Waals surface area contributed by atoms with Gasteiger partial charge in [-0.3, -0.25) is 14.4 Å². The maximum atomic E-state index is 13.3. The maximum absolute atomic E-state index is 13.3. The van der Waals surface area contributed by atoms with Crippen molar-refractivity contribution in [1.82, 2.24) is 5.32 Å². The molecule has 14 heteroatoms. The van der Waals surface area contributed by atoms with Gasteiger partial charge in [0.1, 0.15) is 5.25 Å². The van der Waals surface area contributed by atoms with Crippen molar-refractivity contribution >= 4 is 58.8 Å². The first-order chi connectivity index (χ1) is 17.3. The minimum Gasteiger partial charge on any atom is -0.481 e. The molecule has 0 saturated heterocycles. The Kier molecular flexibility index (Phi) is 11.6. The number of ether oxygens (including phenoxy) is 1. The second-order valence-corrected chi connectivity index (χ2v) is 11.0. The SMILES string of the molecule is NC(N)CNCCCSC(C(=O)OC(=O)CC(O)(CC(=O)O)C(=O)O)C1(c2ccc(Cl)c(Cl)c2)CCC1. The van der Waals surface area contributed by atoms with E-state index in [0.29, 0.717) is 48.2 Å². The van der Waals surface area contributed by atoms with Crippen molar-refractivity contribution in [3.8, 4) is 0 Å². The number of carbonyl (C=O) groups excluding carboxylic acids is 2. The molecule has 37 heavy (non-hydrogen) atoms. The average Bonchev–Trinajstić information content (AvgIpc) is 2.75. The van der Waals surface area contributed by atoms with E-state index in [1.54, 1.807) is 18.2 Å². The van der Waals surface area contributed by atoms with Crippen LogP contribution in [0.25, 0.3) is 0 Å². The summed E-state index contributed by atoms with van der Waals surface area (Å²) in [6.45, 7) is 1.000. The number of benzene rings is 1. The van der Waals surface area contributed by atoms with Gasteiger partial charge >= 0.3 is 23.9 Å². The van der Waals surface area contributed by atoms with Gasteiger partial charge in [0, 0.05) is 12.0 Å². The minimum atomic E-state index is -2.92. The average molecular weight is 580 g/mol. The van der Waals surface area contributed by atoms with E-state index in [2.05, 4.69) is 5.32 Å². The Bertz CT molecular complexity index is 1010. The van der Waals surface area contributed by atoms with Crippen molar-refractivity contribution in [2.75, 3.05) is 18.8 Å². The quantitative estimate of drug-likeness (QED) is 0.0756. The van der Waals surface area contributed by atoms with Crippen LogP contribution in [-0.4, -0.2) is 75.1 Å². The Morgan fingerprint density at radius 3 is 2.32 bits per heavy atom. The Balaban J connectivity index is 2.22. The number of hydrogen-bond donors (Lipinski definition) is 6. The molecule has 1 aliphatic rings. The molecule has 0 bridgehead atoms. The fourth-order valence-electron chi connectivity index (χ4n) is 4.09. The Morgan fingerprint density at radius 1 is 1.14 bits per heavy atom. The second kappa shape index (κ2) is 13.7. The Morgan fingerprint density at radius 2 is 1.81 bits per heavy atom. The highest BCUT2D eigenvalue weighted by Crippen LogP contribution is 2.51. The van der Waals surface area contributed by atoms with E-state index in [1.807, 2.05) is 0 Å². The van der Waals surface area contributed by atoms with Gasteiger partial charge in [0.05, 0.1) is 29.1 Å². The van der Waals surface area contributed by atoms with Crippen LogP contribution in [0.4, 0.5) is 0 Å². The fraction of sp³-hybridized carbons (Fsp3) is 0.565. The highest BCUT2D eigenvalue weighted by Gasteiger charge is 2.51. The monoisotopic (exact) mass is 579 g/mol. The first kappa shape index (κ1) is 31.3. The van der Waals surface area contributed by atoms with Gasteiger partial charge in [-0.15, -0.1) is 11.8 Å². The molecule has 0 aliphatic heterocycles. The number of halogens is 2. The van der Waals surface area contributed by atoms with Crippen molar-refractivity contribution < 1.29 is 39.2 Å². The highest BCUT2D eigenvalue weighted by molar-refractivity contribution is 8.00. The van der Waals surface area contributed by atoms with Crippen LogP contribution in [0.5, 0.6) is 0 Å². The van der Waals surface area contributed by atoms with Crippen molar-refractivity contribution in [2.24, 2.45) is 11.5 Å².